The van der Waals surface area contributed by atoms with Crippen LogP contribution in [0, 0.1) is 0 Å². The van der Waals surface area contributed by atoms with Crippen LogP contribution in [-0.4, -0.2) is 9.55 Å². The van der Waals surface area contributed by atoms with Gasteiger partial charge in [-0.05, 0) is 41.5 Å². The van der Waals surface area contributed by atoms with Crippen LogP contribution in [0.4, 0.5) is 0 Å². The summed E-state index contributed by atoms with van der Waals surface area (Å²) in [7, 11) is 0. The molecule has 6 aromatic rings. The number of hydrogen-bond donors (Lipinski definition) is 1. The van der Waals surface area contributed by atoms with Gasteiger partial charge in [0.1, 0.15) is 0 Å². The van der Waals surface area contributed by atoms with Crippen molar-refractivity contribution in [2.75, 3.05) is 0 Å². The van der Waals surface area contributed by atoms with Crippen LogP contribution in [0.3, 0.4) is 0 Å². The number of aromatic nitrogens is 2. The van der Waals surface area contributed by atoms with Crippen molar-refractivity contribution in [3.8, 4) is 16.8 Å². The molecule has 0 bridgehead atoms. The molecule has 4 aromatic carbocycles. The van der Waals surface area contributed by atoms with E-state index in [4.69, 9.17) is 0 Å². The van der Waals surface area contributed by atoms with Crippen molar-refractivity contribution in [1.82, 2.24) is 9.55 Å². The van der Waals surface area contributed by atoms with Gasteiger partial charge in [0.15, 0.2) is 0 Å². The maximum absolute atomic E-state index is 3.52. The second-order valence-corrected chi connectivity index (χ2v) is 7.14. The topological polar surface area (TPSA) is 20.7 Å². The predicted octanol–water partition coefficient (Wildman–Crippen LogP) is 6.93. The fourth-order valence-electron chi connectivity index (χ4n) is 4.39. The average Bonchev–Trinajstić information content (AvgIpc) is 3.37. The summed E-state index contributed by atoms with van der Waals surface area (Å²) in [5.41, 5.74) is 7.31. The zero-order chi connectivity index (χ0) is 18.5. The molecule has 132 valence electrons. The largest absolute Gasteiger partial charge is 0.361 e. The average molecular weight is 358 g/mol. The molecule has 2 heteroatoms. The Balaban J connectivity index is 1.85. The number of para-hydroxylation sites is 2. The summed E-state index contributed by atoms with van der Waals surface area (Å²) >= 11 is 0. The van der Waals surface area contributed by atoms with Crippen molar-refractivity contribution in [3.63, 3.8) is 0 Å². The standard InChI is InChI=1S/C26H18N2/c1-3-9-18(10-4-1)22-17-24-25(26-20(22)15-16-27-26)21-13-7-8-14-23(21)28(24)19-11-5-2-6-12-19/h1-17,27H. The molecule has 0 aliphatic heterocycles. The highest BCUT2D eigenvalue weighted by molar-refractivity contribution is 6.23. The molecule has 2 nitrogen and oxygen atoms in total. The second kappa shape index (κ2) is 5.86. The van der Waals surface area contributed by atoms with Gasteiger partial charge in [-0.2, -0.15) is 0 Å². The Labute approximate surface area is 162 Å². The number of rotatable bonds is 2. The van der Waals surface area contributed by atoms with Crippen LogP contribution in [0.15, 0.2) is 103 Å². The van der Waals surface area contributed by atoms with E-state index in [1.54, 1.807) is 0 Å². The molecule has 1 N–H and O–H groups in total. The van der Waals surface area contributed by atoms with Crippen LogP contribution in [0.2, 0.25) is 0 Å². The first-order chi connectivity index (χ1) is 13.9. The molecular formula is C26H18N2. The minimum atomic E-state index is 1.18. The lowest BCUT2D eigenvalue weighted by Crippen LogP contribution is -1.93. The summed E-state index contributed by atoms with van der Waals surface area (Å²) in [6.07, 6.45) is 2.05. The van der Waals surface area contributed by atoms with Gasteiger partial charge < -0.3 is 9.55 Å². The quantitative estimate of drug-likeness (QED) is 0.346. The third-order valence-corrected chi connectivity index (χ3v) is 5.58. The highest BCUT2D eigenvalue weighted by atomic mass is 15.0. The second-order valence-electron chi connectivity index (χ2n) is 7.14. The molecule has 0 spiro atoms. The molecule has 0 atom stereocenters. The molecule has 0 saturated heterocycles. The van der Waals surface area contributed by atoms with E-state index < -0.39 is 0 Å². The van der Waals surface area contributed by atoms with E-state index in [2.05, 4.69) is 107 Å². The van der Waals surface area contributed by atoms with Gasteiger partial charge in [-0.1, -0.05) is 66.7 Å². The Morgan fingerprint density at radius 1 is 0.607 bits per heavy atom. The van der Waals surface area contributed by atoms with E-state index in [0.29, 0.717) is 0 Å². The van der Waals surface area contributed by atoms with Crippen LogP contribution in [0.1, 0.15) is 0 Å². The summed E-state index contributed by atoms with van der Waals surface area (Å²) in [6, 6.07) is 34.4. The van der Waals surface area contributed by atoms with E-state index in [1.165, 1.54) is 49.5 Å². The zero-order valence-corrected chi connectivity index (χ0v) is 15.3. The van der Waals surface area contributed by atoms with E-state index >= 15 is 0 Å². The minimum absolute atomic E-state index is 1.18. The fraction of sp³-hybridized carbons (Fsp3) is 0. The molecule has 0 amide bonds. The van der Waals surface area contributed by atoms with Crippen molar-refractivity contribution in [2.45, 2.75) is 0 Å². The summed E-state index contributed by atoms with van der Waals surface area (Å²) in [5.74, 6) is 0. The third kappa shape index (κ3) is 2.09. The molecule has 2 aromatic heterocycles. The molecule has 6 rings (SSSR count). The summed E-state index contributed by atoms with van der Waals surface area (Å²) < 4.78 is 2.37. The molecule has 0 fully saturated rings. The van der Waals surface area contributed by atoms with Crippen molar-refractivity contribution >= 4 is 32.7 Å². The van der Waals surface area contributed by atoms with Crippen molar-refractivity contribution in [1.29, 1.82) is 0 Å². The van der Waals surface area contributed by atoms with E-state index in [1.807, 2.05) is 6.20 Å². The lowest BCUT2D eigenvalue weighted by atomic mass is 9.99. The predicted molar refractivity (Wildman–Crippen MR) is 118 cm³/mol. The summed E-state index contributed by atoms with van der Waals surface area (Å²) in [5, 5.41) is 3.81. The van der Waals surface area contributed by atoms with Gasteiger partial charge in [0.2, 0.25) is 0 Å². The molecule has 0 radical (unpaired) electrons. The minimum Gasteiger partial charge on any atom is -0.361 e. The lowest BCUT2D eigenvalue weighted by molar-refractivity contribution is 1.18. The van der Waals surface area contributed by atoms with Gasteiger partial charge >= 0.3 is 0 Å². The highest BCUT2D eigenvalue weighted by Gasteiger charge is 2.17. The van der Waals surface area contributed by atoms with Crippen molar-refractivity contribution < 1.29 is 0 Å². The number of nitrogens with one attached hydrogen (secondary N) is 1. The van der Waals surface area contributed by atoms with Crippen LogP contribution in [-0.2, 0) is 0 Å². The maximum atomic E-state index is 3.52. The van der Waals surface area contributed by atoms with Crippen LogP contribution in [0.25, 0.3) is 49.5 Å². The van der Waals surface area contributed by atoms with E-state index in [0.717, 1.165) is 0 Å². The number of H-pyrrole nitrogens is 1. The fourth-order valence-corrected chi connectivity index (χ4v) is 4.39. The summed E-state index contributed by atoms with van der Waals surface area (Å²) in [6.45, 7) is 0. The highest BCUT2D eigenvalue weighted by Crippen LogP contribution is 2.40. The lowest BCUT2D eigenvalue weighted by Gasteiger charge is -2.10. The number of hydrogen-bond acceptors (Lipinski definition) is 0. The van der Waals surface area contributed by atoms with Gasteiger partial charge in [-0.3, -0.25) is 0 Å². The van der Waals surface area contributed by atoms with Crippen LogP contribution in [0.5, 0.6) is 0 Å². The first-order valence-corrected chi connectivity index (χ1v) is 9.56. The number of aromatic amines is 1. The number of nitrogens with zero attached hydrogens (tertiary/aromatic N) is 1. The SMILES string of the molecule is c1ccc(-c2cc3c(c4ccccc4n3-c3ccccc3)c3[nH]ccc23)cc1. The first kappa shape index (κ1) is 15.3. The van der Waals surface area contributed by atoms with Crippen molar-refractivity contribution in [2.24, 2.45) is 0 Å². The Morgan fingerprint density at radius 2 is 1.32 bits per heavy atom. The van der Waals surface area contributed by atoms with Gasteiger partial charge in [0.25, 0.3) is 0 Å². The Bertz CT molecular complexity index is 1440. The Morgan fingerprint density at radius 3 is 2.14 bits per heavy atom. The van der Waals surface area contributed by atoms with Gasteiger partial charge in [-0.25, -0.2) is 0 Å². The van der Waals surface area contributed by atoms with E-state index in [-0.39, 0.29) is 0 Å². The van der Waals surface area contributed by atoms with Gasteiger partial charge in [-0.15, -0.1) is 0 Å². The van der Waals surface area contributed by atoms with Crippen LogP contribution < -0.4 is 0 Å². The molecule has 0 aliphatic rings. The summed E-state index contributed by atoms with van der Waals surface area (Å²) in [4.78, 5) is 3.52. The number of fused-ring (bicyclic) bond motifs is 5. The van der Waals surface area contributed by atoms with Gasteiger partial charge in [0, 0.05) is 28.0 Å². The Hall–Kier alpha value is -3.78. The molecule has 0 saturated carbocycles. The monoisotopic (exact) mass is 358 g/mol. The maximum Gasteiger partial charge on any atom is 0.0568 e. The molecule has 0 unspecified atom stereocenters. The molecular weight excluding hydrogens is 340 g/mol. The third-order valence-electron chi connectivity index (χ3n) is 5.58. The Kier molecular flexibility index (Phi) is 3.20. The molecule has 0 aliphatic carbocycles. The smallest absolute Gasteiger partial charge is 0.0568 e. The molecule has 2 heterocycles. The number of benzene rings is 4. The normalized spacial score (nSPS) is 11.6. The van der Waals surface area contributed by atoms with Crippen LogP contribution >= 0.6 is 0 Å². The molecule has 28 heavy (non-hydrogen) atoms. The van der Waals surface area contributed by atoms with Crippen molar-refractivity contribution in [3.05, 3.63) is 103 Å². The zero-order valence-electron chi connectivity index (χ0n) is 15.3. The van der Waals surface area contributed by atoms with Gasteiger partial charge in [0.05, 0.1) is 16.6 Å². The van der Waals surface area contributed by atoms with E-state index in [9.17, 15) is 0 Å². The first-order valence-electron chi connectivity index (χ1n) is 9.56.